The minimum Gasteiger partial charge on any atom is -0.361 e. The third-order valence-corrected chi connectivity index (χ3v) is 10.2. The van der Waals surface area contributed by atoms with Gasteiger partial charge < -0.3 is 14.6 Å². The molecule has 1 fully saturated rings. The zero-order chi connectivity index (χ0) is 24.9. The first-order valence-electron chi connectivity index (χ1n) is 12.0. The fraction of sp³-hybridized carbons (Fsp3) is 0.682. The molecule has 2 atom stereocenters. The summed E-state index contributed by atoms with van der Waals surface area (Å²) < 4.78 is 34.5. The van der Waals surface area contributed by atoms with E-state index in [1.54, 1.807) is 6.92 Å². The number of aromatic nitrogens is 3. The molecular formula is C22H38N6O4SSi. The molecule has 0 spiro atoms. The number of carbonyl (C=O) groups excluding carboxylic acids is 1. The van der Waals surface area contributed by atoms with Gasteiger partial charge in [0.25, 0.3) is 0 Å². The number of hydrogen-bond acceptors (Lipinski definition) is 6. The van der Waals surface area contributed by atoms with E-state index >= 15 is 0 Å². The number of nitrogens with zero attached hydrogens (tertiary/aromatic N) is 4. The third kappa shape index (κ3) is 7.00. The van der Waals surface area contributed by atoms with Crippen LogP contribution in [0.4, 0.5) is 10.6 Å². The molecule has 2 aromatic rings. The van der Waals surface area contributed by atoms with E-state index in [0.29, 0.717) is 43.1 Å². The molecule has 0 saturated carbocycles. The standard InChI is InChI=1S/C22H38N6O4SSi/c1-6-17(2)33(30,31)28-10-7-8-18(15-28)24-22(29)26-20-14-23-21-19(25-20)9-11-27(21)16-32-12-13-34(3,4)5/h9,11,14,17-18H,6-8,10,12-13,15-16H2,1-5H3,(H2,24,25,26,29). The van der Waals surface area contributed by atoms with E-state index < -0.39 is 29.4 Å². The first kappa shape index (κ1) is 26.6. The van der Waals surface area contributed by atoms with Crippen molar-refractivity contribution in [1.29, 1.82) is 0 Å². The second-order valence-electron chi connectivity index (χ2n) is 10.2. The molecule has 2 N–H and O–H groups in total. The van der Waals surface area contributed by atoms with Crippen molar-refractivity contribution >= 4 is 41.1 Å². The fourth-order valence-corrected chi connectivity index (χ4v) is 6.22. The van der Waals surface area contributed by atoms with Gasteiger partial charge >= 0.3 is 6.03 Å². The molecule has 3 heterocycles. The van der Waals surface area contributed by atoms with Crippen molar-refractivity contribution in [2.45, 2.75) is 76.8 Å². The molecule has 2 aromatic heterocycles. The van der Waals surface area contributed by atoms with Crippen LogP contribution < -0.4 is 10.6 Å². The highest BCUT2D eigenvalue weighted by Gasteiger charge is 2.32. The number of anilines is 1. The van der Waals surface area contributed by atoms with Crippen LogP contribution >= 0.6 is 0 Å². The van der Waals surface area contributed by atoms with Gasteiger partial charge in [0.1, 0.15) is 12.2 Å². The average Bonchev–Trinajstić information content (AvgIpc) is 3.17. The van der Waals surface area contributed by atoms with Crippen LogP contribution in [-0.4, -0.2) is 72.4 Å². The Hall–Kier alpha value is -2.02. The molecule has 2 amide bonds. The summed E-state index contributed by atoms with van der Waals surface area (Å²) >= 11 is 0. The Morgan fingerprint density at radius 1 is 1.35 bits per heavy atom. The summed E-state index contributed by atoms with van der Waals surface area (Å²) in [6.07, 6.45) is 5.38. The van der Waals surface area contributed by atoms with Crippen molar-refractivity contribution in [1.82, 2.24) is 24.2 Å². The molecular weight excluding hydrogens is 472 g/mol. The van der Waals surface area contributed by atoms with Gasteiger partial charge in [-0.3, -0.25) is 5.32 Å². The SMILES string of the molecule is CCC(C)S(=O)(=O)N1CCCC(NC(=O)Nc2cnc3c(ccn3COCC[Si](C)(C)C)n2)C1. The number of nitrogens with one attached hydrogen (secondary N) is 2. The minimum atomic E-state index is -3.35. The Morgan fingerprint density at radius 3 is 2.82 bits per heavy atom. The number of hydrogen-bond donors (Lipinski definition) is 2. The molecule has 190 valence electrons. The van der Waals surface area contributed by atoms with Gasteiger partial charge in [-0.2, -0.15) is 4.31 Å². The molecule has 0 bridgehead atoms. The lowest BCUT2D eigenvalue weighted by molar-refractivity contribution is 0.0899. The summed E-state index contributed by atoms with van der Waals surface area (Å²) in [5.41, 5.74) is 1.35. The first-order chi connectivity index (χ1) is 16.0. The first-order valence-corrected chi connectivity index (χ1v) is 17.2. The van der Waals surface area contributed by atoms with Crippen molar-refractivity contribution in [3.05, 3.63) is 18.5 Å². The second-order valence-corrected chi connectivity index (χ2v) is 18.1. The maximum atomic E-state index is 12.7. The van der Waals surface area contributed by atoms with Gasteiger partial charge in [-0.1, -0.05) is 26.6 Å². The highest BCUT2D eigenvalue weighted by molar-refractivity contribution is 7.89. The lowest BCUT2D eigenvalue weighted by atomic mass is 10.1. The third-order valence-electron chi connectivity index (χ3n) is 6.09. The maximum absolute atomic E-state index is 12.7. The lowest BCUT2D eigenvalue weighted by Gasteiger charge is -2.33. The Balaban J connectivity index is 1.54. The molecule has 34 heavy (non-hydrogen) atoms. The van der Waals surface area contributed by atoms with Crippen LogP contribution in [0.25, 0.3) is 11.2 Å². The van der Waals surface area contributed by atoms with E-state index in [2.05, 4.69) is 40.2 Å². The zero-order valence-corrected chi connectivity index (χ0v) is 22.7. The topological polar surface area (TPSA) is 118 Å². The molecule has 0 radical (unpaired) electrons. The number of amides is 2. The summed E-state index contributed by atoms with van der Waals surface area (Å²) in [7, 11) is -4.48. The summed E-state index contributed by atoms with van der Waals surface area (Å²) in [6, 6.07) is 2.27. The van der Waals surface area contributed by atoms with Gasteiger partial charge in [-0.25, -0.2) is 23.2 Å². The van der Waals surface area contributed by atoms with Crippen molar-refractivity contribution in [2.24, 2.45) is 0 Å². The highest BCUT2D eigenvalue weighted by Crippen LogP contribution is 2.19. The van der Waals surface area contributed by atoms with Crippen molar-refractivity contribution in [3.63, 3.8) is 0 Å². The van der Waals surface area contributed by atoms with Gasteiger partial charge in [0.05, 0.1) is 11.4 Å². The van der Waals surface area contributed by atoms with E-state index in [-0.39, 0.29) is 12.6 Å². The molecule has 12 heteroatoms. The number of rotatable bonds is 10. The number of carbonyl (C=O) groups is 1. The predicted octanol–water partition coefficient (Wildman–Crippen LogP) is 3.46. The fourth-order valence-electron chi connectivity index (χ4n) is 3.76. The van der Waals surface area contributed by atoms with Gasteiger partial charge in [0, 0.05) is 40.0 Å². The second kappa shape index (κ2) is 11.1. The van der Waals surface area contributed by atoms with Crippen LogP contribution in [0.2, 0.25) is 25.7 Å². The van der Waals surface area contributed by atoms with E-state index in [1.165, 1.54) is 10.5 Å². The van der Waals surface area contributed by atoms with Gasteiger partial charge in [-0.15, -0.1) is 0 Å². The highest BCUT2D eigenvalue weighted by atomic mass is 32.2. The Kier molecular flexibility index (Phi) is 8.71. The van der Waals surface area contributed by atoms with Crippen LogP contribution in [0, 0.1) is 0 Å². The molecule has 0 aromatic carbocycles. The average molecular weight is 511 g/mol. The largest absolute Gasteiger partial charge is 0.361 e. The monoisotopic (exact) mass is 510 g/mol. The summed E-state index contributed by atoms with van der Waals surface area (Å²) in [5, 5.41) is 5.17. The molecule has 3 rings (SSSR count). The molecule has 0 aliphatic carbocycles. The van der Waals surface area contributed by atoms with Gasteiger partial charge in [-0.05, 0) is 38.3 Å². The maximum Gasteiger partial charge on any atom is 0.320 e. The Labute approximate surface area is 203 Å². The number of ether oxygens (including phenoxy) is 1. The van der Waals surface area contributed by atoms with Crippen molar-refractivity contribution in [2.75, 3.05) is 25.0 Å². The van der Waals surface area contributed by atoms with Crippen LogP contribution in [0.5, 0.6) is 0 Å². The Bertz CT molecular complexity index is 1080. The van der Waals surface area contributed by atoms with E-state index in [0.717, 1.165) is 19.1 Å². The molecule has 1 aliphatic heterocycles. The van der Waals surface area contributed by atoms with E-state index in [4.69, 9.17) is 4.74 Å². The van der Waals surface area contributed by atoms with Crippen LogP contribution in [0.3, 0.4) is 0 Å². The molecule has 2 unspecified atom stereocenters. The van der Waals surface area contributed by atoms with Gasteiger partial charge in [0.15, 0.2) is 11.5 Å². The quantitative estimate of drug-likeness (QED) is 0.373. The normalized spacial score (nSPS) is 18.7. The number of fused-ring (bicyclic) bond motifs is 1. The van der Waals surface area contributed by atoms with Crippen LogP contribution in [0.15, 0.2) is 18.5 Å². The van der Waals surface area contributed by atoms with Crippen molar-refractivity contribution in [3.8, 4) is 0 Å². The smallest absolute Gasteiger partial charge is 0.320 e. The predicted molar refractivity (Wildman–Crippen MR) is 137 cm³/mol. The number of urea groups is 1. The molecule has 10 nitrogen and oxygen atoms in total. The molecule has 1 aliphatic rings. The summed E-state index contributed by atoms with van der Waals surface area (Å²) in [4.78, 5) is 21.5. The lowest BCUT2D eigenvalue weighted by Crippen LogP contribution is -2.52. The van der Waals surface area contributed by atoms with E-state index in [9.17, 15) is 13.2 Å². The van der Waals surface area contributed by atoms with Crippen LogP contribution in [0.1, 0.15) is 33.1 Å². The van der Waals surface area contributed by atoms with Crippen molar-refractivity contribution < 1.29 is 17.9 Å². The van der Waals surface area contributed by atoms with Crippen LogP contribution in [-0.2, 0) is 21.5 Å². The zero-order valence-electron chi connectivity index (χ0n) is 20.9. The van der Waals surface area contributed by atoms with E-state index in [1.807, 2.05) is 23.8 Å². The summed E-state index contributed by atoms with van der Waals surface area (Å²) in [5.74, 6) is 0.335. The number of piperidine rings is 1. The van der Waals surface area contributed by atoms with Gasteiger partial charge in [0.2, 0.25) is 10.0 Å². The molecule has 1 saturated heterocycles. The minimum absolute atomic E-state index is 0.251. The number of sulfonamides is 1. The Morgan fingerprint density at radius 2 is 2.12 bits per heavy atom. The summed E-state index contributed by atoms with van der Waals surface area (Å²) in [6.45, 7) is 12.4.